The Morgan fingerprint density at radius 3 is 2.62 bits per heavy atom. The maximum absolute atomic E-state index is 9.42. The highest BCUT2D eigenvalue weighted by Gasteiger charge is 2.31. The summed E-state index contributed by atoms with van der Waals surface area (Å²) in [6, 6.07) is 7.38. The van der Waals surface area contributed by atoms with Crippen molar-refractivity contribution >= 4 is 12.6 Å². The van der Waals surface area contributed by atoms with Crippen LogP contribution >= 0.6 is 0 Å². The summed E-state index contributed by atoms with van der Waals surface area (Å²) in [5.74, 6) is 1.94. The van der Waals surface area contributed by atoms with Crippen LogP contribution in [0.2, 0.25) is 0 Å². The van der Waals surface area contributed by atoms with Crippen LogP contribution in [-0.4, -0.2) is 23.3 Å². The van der Waals surface area contributed by atoms with Crippen LogP contribution in [0.15, 0.2) is 24.3 Å². The lowest BCUT2D eigenvalue weighted by atomic mass is 9.75. The van der Waals surface area contributed by atoms with Gasteiger partial charge in [0, 0.05) is 0 Å². The van der Waals surface area contributed by atoms with E-state index in [0.29, 0.717) is 29.8 Å². The molecule has 1 aliphatic carbocycles. The van der Waals surface area contributed by atoms with E-state index in [0.717, 1.165) is 12.0 Å². The minimum absolute atomic E-state index is 0.276. The quantitative estimate of drug-likeness (QED) is 0.818. The van der Waals surface area contributed by atoms with Crippen molar-refractivity contribution in [2.45, 2.75) is 52.7 Å². The van der Waals surface area contributed by atoms with E-state index in [4.69, 9.17) is 4.74 Å². The summed E-state index contributed by atoms with van der Waals surface area (Å²) in [5.41, 5.74) is 1.41. The molecule has 0 aromatic heterocycles. The lowest BCUT2D eigenvalue weighted by molar-refractivity contribution is -0.0470. The van der Waals surface area contributed by atoms with Gasteiger partial charge in [0.1, 0.15) is 0 Å². The Bertz CT molecular complexity index is 447. The van der Waals surface area contributed by atoms with E-state index >= 15 is 0 Å². The van der Waals surface area contributed by atoms with Gasteiger partial charge in [0.25, 0.3) is 0 Å². The van der Waals surface area contributed by atoms with E-state index in [9.17, 15) is 10.0 Å². The normalized spacial score (nSPS) is 26.1. The van der Waals surface area contributed by atoms with Gasteiger partial charge in [-0.2, -0.15) is 0 Å². The lowest BCUT2D eigenvalue weighted by Crippen LogP contribution is -2.36. The molecule has 0 radical (unpaired) electrons. The maximum atomic E-state index is 9.42. The van der Waals surface area contributed by atoms with Gasteiger partial charge in [-0.05, 0) is 41.6 Å². The molecule has 0 saturated heterocycles. The van der Waals surface area contributed by atoms with Gasteiger partial charge in [-0.1, -0.05) is 51.5 Å². The molecule has 0 heterocycles. The van der Waals surface area contributed by atoms with Gasteiger partial charge in [0.2, 0.25) is 0 Å². The fraction of sp³-hybridized carbons (Fsp3) is 0.647. The van der Waals surface area contributed by atoms with Crippen LogP contribution in [0.25, 0.3) is 0 Å². The monoisotopic (exact) mass is 290 g/mol. The molecule has 0 aliphatic heterocycles. The number of ether oxygens (including phenoxy) is 1. The largest absolute Gasteiger partial charge is 0.488 e. The molecule has 116 valence electrons. The minimum Gasteiger partial charge on any atom is -0.423 e. The van der Waals surface area contributed by atoms with Crippen LogP contribution < -0.4 is 5.46 Å². The molecule has 2 N–H and O–H groups in total. The highest BCUT2D eigenvalue weighted by atomic mass is 16.5. The van der Waals surface area contributed by atoms with E-state index < -0.39 is 7.12 Å². The Labute approximate surface area is 128 Å². The summed E-state index contributed by atoms with van der Waals surface area (Å²) in [7, 11) is -1.43. The molecule has 1 aromatic rings. The van der Waals surface area contributed by atoms with Crippen molar-refractivity contribution < 1.29 is 14.8 Å². The van der Waals surface area contributed by atoms with Gasteiger partial charge in [0.15, 0.2) is 0 Å². The first-order chi connectivity index (χ1) is 9.99. The molecule has 1 aliphatic rings. The van der Waals surface area contributed by atoms with E-state index in [1.165, 1.54) is 12.8 Å². The highest BCUT2D eigenvalue weighted by molar-refractivity contribution is 6.59. The molecule has 4 heteroatoms. The zero-order valence-corrected chi connectivity index (χ0v) is 13.3. The predicted octanol–water partition coefficient (Wildman–Crippen LogP) is 2.34. The third kappa shape index (κ3) is 4.32. The van der Waals surface area contributed by atoms with Crippen LogP contribution in [0.3, 0.4) is 0 Å². The van der Waals surface area contributed by atoms with Crippen LogP contribution in [-0.2, 0) is 11.3 Å². The van der Waals surface area contributed by atoms with Crippen molar-refractivity contribution in [3.8, 4) is 0 Å². The zero-order chi connectivity index (χ0) is 15.4. The summed E-state index contributed by atoms with van der Waals surface area (Å²) < 4.78 is 6.18. The molecular weight excluding hydrogens is 263 g/mol. The van der Waals surface area contributed by atoms with Crippen molar-refractivity contribution in [2.75, 3.05) is 0 Å². The molecule has 1 aromatic carbocycles. The smallest absolute Gasteiger partial charge is 0.423 e. The fourth-order valence-corrected chi connectivity index (χ4v) is 3.42. The number of hydrogen-bond donors (Lipinski definition) is 2. The summed E-state index contributed by atoms with van der Waals surface area (Å²) in [6.07, 6.45) is 3.90. The summed E-state index contributed by atoms with van der Waals surface area (Å²) in [6.45, 7) is 7.28. The Kier molecular flexibility index (Phi) is 5.85. The zero-order valence-electron chi connectivity index (χ0n) is 13.3. The fourth-order valence-electron chi connectivity index (χ4n) is 3.42. The standard InChI is InChI=1S/C17H27BO3/c1-12(2)15-9-8-13(3)10-17(15)21-11-14-6-4-5-7-16(14)18(19)20/h4-7,12-13,15,17,19-20H,8-11H2,1-3H3. The van der Waals surface area contributed by atoms with Crippen LogP contribution in [0, 0.1) is 17.8 Å². The highest BCUT2D eigenvalue weighted by Crippen LogP contribution is 2.35. The topological polar surface area (TPSA) is 49.7 Å². The Morgan fingerprint density at radius 1 is 1.24 bits per heavy atom. The van der Waals surface area contributed by atoms with Crippen LogP contribution in [0.4, 0.5) is 0 Å². The summed E-state index contributed by atoms with van der Waals surface area (Å²) >= 11 is 0. The predicted molar refractivity (Wildman–Crippen MR) is 86.2 cm³/mol. The maximum Gasteiger partial charge on any atom is 0.488 e. The summed E-state index contributed by atoms with van der Waals surface area (Å²) in [4.78, 5) is 0. The molecule has 3 nitrogen and oxygen atoms in total. The Balaban J connectivity index is 2.03. The third-order valence-corrected chi connectivity index (χ3v) is 4.75. The molecule has 3 atom stereocenters. The van der Waals surface area contributed by atoms with Crippen molar-refractivity contribution in [2.24, 2.45) is 17.8 Å². The average Bonchev–Trinajstić information content (AvgIpc) is 2.45. The van der Waals surface area contributed by atoms with E-state index in [1.807, 2.05) is 18.2 Å². The van der Waals surface area contributed by atoms with Crippen LogP contribution in [0.1, 0.15) is 45.6 Å². The van der Waals surface area contributed by atoms with Gasteiger partial charge in [0.05, 0.1) is 12.7 Å². The lowest BCUT2D eigenvalue weighted by Gasteiger charge is -2.37. The van der Waals surface area contributed by atoms with E-state index in [1.54, 1.807) is 6.07 Å². The van der Waals surface area contributed by atoms with E-state index in [-0.39, 0.29) is 6.10 Å². The molecule has 0 amide bonds. The van der Waals surface area contributed by atoms with Crippen molar-refractivity contribution in [3.05, 3.63) is 29.8 Å². The van der Waals surface area contributed by atoms with Gasteiger partial charge in [-0.3, -0.25) is 0 Å². The molecule has 21 heavy (non-hydrogen) atoms. The molecule has 1 fully saturated rings. The summed E-state index contributed by atoms with van der Waals surface area (Å²) in [5, 5.41) is 18.8. The molecule has 1 saturated carbocycles. The second-order valence-corrected chi connectivity index (χ2v) is 6.75. The van der Waals surface area contributed by atoms with Gasteiger partial charge in [-0.25, -0.2) is 0 Å². The van der Waals surface area contributed by atoms with Crippen molar-refractivity contribution in [1.82, 2.24) is 0 Å². The first-order valence-corrected chi connectivity index (χ1v) is 8.04. The molecule has 0 spiro atoms. The minimum atomic E-state index is -1.43. The Hall–Kier alpha value is -0.835. The second-order valence-electron chi connectivity index (χ2n) is 6.75. The SMILES string of the molecule is CC1CCC(C(C)C)C(OCc2ccccc2B(O)O)C1. The molecule has 3 unspecified atom stereocenters. The molecular formula is C17H27BO3. The van der Waals surface area contributed by atoms with E-state index in [2.05, 4.69) is 20.8 Å². The van der Waals surface area contributed by atoms with Gasteiger partial charge in [-0.15, -0.1) is 0 Å². The third-order valence-electron chi connectivity index (χ3n) is 4.75. The number of benzene rings is 1. The first kappa shape index (κ1) is 16.5. The Morgan fingerprint density at radius 2 is 1.95 bits per heavy atom. The van der Waals surface area contributed by atoms with Gasteiger partial charge >= 0.3 is 7.12 Å². The van der Waals surface area contributed by atoms with Crippen molar-refractivity contribution in [1.29, 1.82) is 0 Å². The molecule has 0 bridgehead atoms. The second kappa shape index (κ2) is 7.43. The first-order valence-electron chi connectivity index (χ1n) is 8.04. The number of rotatable bonds is 5. The molecule has 2 rings (SSSR count). The number of hydrogen-bond acceptors (Lipinski definition) is 3. The van der Waals surface area contributed by atoms with Gasteiger partial charge < -0.3 is 14.8 Å². The average molecular weight is 290 g/mol. The van der Waals surface area contributed by atoms with Crippen LogP contribution in [0.5, 0.6) is 0 Å². The van der Waals surface area contributed by atoms with Crippen molar-refractivity contribution in [3.63, 3.8) is 0 Å².